The number of benzene rings is 1. The highest BCUT2D eigenvalue weighted by atomic mass is 32.1. The van der Waals surface area contributed by atoms with Crippen LogP contribution in [0.15, 0.2) is 36.4 Å². The number of nitrogens with one attached hydrogen (secondary N) is 2. The lowest BCUT2D eigenvalue weighted by Crippen LogP contribution is -2.49. The third-order valence-electron chi connectivity index (χ3n) is 4.06. The Morgan fingerprint density at radius 2 is 1.87 bits per heavy atom. The van der Waals surface area contributed by atoms with Gasteiger partial charge in [-0.2, -0.15) is 5.10 Å². The van der Waals surface area contributed by atoms with Crippen molar-refractivity contribution < 1.29 is 19.1 Å². The molecule has 0 aliphatic rings. The molecule has 8 nitrogen and oxygen atoms in total. The summed E-state index contributed by atoms with van der Waals surface area (Å²) in [6.45, 7) is 7.30. The molecule has 0 bridgehead atoms. The number of hydrogen-bond acceptors (Lipinski definition) is 6. The molecule has 0 radical (unpaired) electrons. The van der Waals surface area contributed by atoms with Crippen LogP contribution in [0.4, 0.5) is 4.79 Å². The molecule has 9 heteroatoms. The van der Waals surface area contributed by atoms with Gasteiger partial charge >= 0.3 is 12.0 Å². The minimum absolute atomic E-state index is 0.374. The summed E-state index contributed by atoms with van der Waals surface area (Å²) in [5, 5.41) is 10.2. The van der Waals surface area contributed by atoms with Gasteiger partial charge in [-0.1, -0.05) is 30.3 Å². The van der Waals surface area contributed by atoms with Crippen LogP contribution >= 0.6 is 11.3 Å². The summed E-state index contributed by atoms with van der Waals surface area (Å²) in [5.74, 6) is -1.31. The molecular weight excluding hydrogens is 404 g/mol. The van der Waals surface area contributed by atoms with Gasteiger partial charge in [-0.3, -0.25) is 14.8 Å². The predicted octanol–water partition coefficient (Wildman–Crippen LogP) is 3.24. The van der Waals surface area contributed by atoms with Crippen molar-refractivity contribution in [3.05, 3.63) is 52.5 Å². The van der Waals surface area contributed by atoms with E-state index in [9.17, 15) is 14.4 Å². The first-order valence-corrected chi connectivity index (χ1v) is 10.2. The Hall–Kier alpha value is -3.20. The first kappa shape index (κ1) is 21.5. The van der Waals surface area contributed by atoms with Crippen LogP contribution in [0.3, 0.4) is 0 Å². The Balaban J connectivity index is 1.64. The number of imide groups is 1. The van der Waals surface area contributed by atoms with Gasteiger partial charge in [0.15, 0.2) is 6.61 Å². The number of esters is 1. The zero-order valence-corrected chi connectivity index (χ0v) is 18.1. The predicted molar refractivity (Wildman–Crippen MR) is 115 cm³/mol. The summed E-state index contributed by atoms with van der Waals surface area (Å²) in [6, 6.07) is 11.0. The molecule has 0 aliphatic carbocycles. The molecule has 0 spiro atoms. The number of rotatable bonds is 5. The quantitative estimate of drug-likeness (QED) is 0.608. The van der Waals surface area contributed by atoms with Crippen molar-refractivity contribution in [2.45, 2.75) is 39.8 Å². The molecule has 0 aliphatic heterocycles. The van der Waals surface area contributed by atoms with E-state index in [1.807, 2.05) is 41.9 Å². The van der Waals surface area contributed by atoms with Crippen LogP contribution in [-0.2, 0) is 16.1 Å². The maximum Gasteiger partial charge on any atom is 0.348 e. The largest absolute Gasteiger partial charge is 0.451 e. The van der Waals surface area contributed by atoms with Crippen LogP contribution in [0.25, 0.3) is 10.2 Å². The molecule has 3 rings (SSSR count). The van der Waals surface area contributed by atoms with E-state index in [1.165, 1.54) is 11.3 Å². The standard InChI is InChI=1S/C21H24N4O4S/c1-13-15-10-16(19(27)29-12-17(26)22-20(28)23-21(2,3)4)30-18(15)25(24-13)11-14-8-6-5-7-9-14/h5-10H,11-12H2,1-4H3,(H2,22,23,26,28). The summed E-state index contributed by atoms with van der Waals surface area (Å²) in [4.78, 5) is 37.2. The lowest BCUT2D eigenvalue weighted by molar-refractivity contribution is -0.123. The van der Waals surface area contributed by atoms with Gasteiger partial charge in [0, 0.05) is 10.9 Å². The normalized spacial score (nSPS) is 11.3. The van der Waals surface area contributed by atoms with Crippen LogP contribution in [-0.4, -0.2) is 39.8 Å². The molecule has 30 heavy (non-hydrogen) atoms. The topological polar surface area (TPSA) is 102 Å². The van der Waals surface area contributed by atoms with E-state index < -0.39 is 30.1 Å². The Kier molecular flexibility index (Phi) is 6.21. The van der Waals surface area contributed by atoms with Crippen molar-refractivity contribution in [3.63, 3.8) is 0 Å². The smallest absolute Gasteiger partial charge is 0.348 e. The van der Waals surface area contributed by atoms with Crippen LogP contribution < -0.4 is 10.6 Å². The molecule has 1 aromatic carbocycles. The average molecular weight is 429 g/mol. The molecule has 2 N–H and O–H groups in total. The van der Waals surface area contributed by atoms with Crippen molar-refractivity contribution in [2.75, 3.05) is 6.61 Å². The fourth-order valence-corrected chi connectivity index (χ4v) is 3.87. The molecule has 3 amide bonds. The van der Waals surface area contributed by atoms with Crippen LogP contribution in [0.2, 0.25) is 0 Å². The number of hydrogen-bond donors (Lipinski definition) is 2. The third-order valence-corrected chi connectivity index (χ3v) is 5.19. The van der Waals surface area contributed by atoms with E-state index in [0.717, 1.165) is 21.5 Å². The Labute approximate surface area is 178 Å². The van der Waals surface area contributed by atoms with E-state index in [-0.39, 0.29) is 0 Å². The highest BCUT2D eigenvalue weighted by Crippen LogP contribution is 2.29. The molecule has 2 heterocycles. The summed E-state index contributed by atoms with van der Waals surface area (Å²) < 4.78 is 6.92. The fraction of sp³-hybridized carbons (Fsp3) is 0.333. The van der Waals surface area contributed by atoms with Gasteiger partial charge in [0.1, 0.15) is 9.71 Å². The zero-order valence-electron chi connectivity index (χ0n) is 17.3. The highest BCUT2D eigenvalue weighted by molar-refractivity contribution is 7.20. The maximum absolute atomic E-state index is 12.4. The fourth-order valence-electron chi connectivity index (χ4n) is 2.81. The first-order chi connectivity index (χ1) is 14.1. The van der Waals surface area contributed by atoms with Crippen molar-refractivity contribution >= 4 is 39.5 Å². The second kappa shape index (κ2) is 8.66. The number of fused-ring (bicyclic) bond motifs is 1. The number of amides is 3. The maximum atomic E-state index is 12.4. The number of aryl methyl sites for hydroxylation is 1. The second-order valence-electron chi connectivity index (χ2n) is 7.89. The average Bonchev–Trinajstić information content (AvgIpc) is 3.21. The molecule has 0 atom stereocenters. The van der Waals surface area contributed by atoms with Gasteiger partial charge in [0.25, 0.3) is 5.91 Å². The van der Waals surface area contributed by atoms with E-state index in [2.05, 4.69) is 15.7 Å². The van der Waals surface area contributed by atoms with Crippen molar-refractivity contribution in [1.29, 1.82) is 0 Å². The lowest BCUT2D eigenvalue weighted by atomic mass is 10.1. The molecule has 158 valence electrons. The number of carbonyl (C=O) groups excluding carboxylic acids is 3. The van der Waals surface area contributed by atoms with Crippen LogP contribution in [0, 0.1) is 6.92 Å². The Morgan fingerprint density at radius 3 is 2.53 bits per heavy atom. The molecule has 0 saturated carbocycles. The Bertz CT molecular complexity index is 1080. The zero-order chi connectivity index (χ0) is 21.9. The van der Waals surface area contributed by atoms with E-state index in [4.69, 9.17) is 4.74 Å². The summed E-state index contributed by atoms with van der Waals surface area (Å²) in [7, 11) is 0. The summed E-state index contributed by atoms with van der Waals surface area (Å²) >= 11 is 1.26. The van der Waals surface area contributed by atoms with Crippen molar-refractivity contribution in [3.8, 4) is 0 Å². The molecule has 0 unspecified atom stereocenters. The molecule has 2 aromatic heterocycles. The van der Waals surface area contributed by atoms with Gasteiger partial charge in [0.2, 0.25) is 0 Å². The van der Waals surface area contributed by atoms with Crippen molar-refractivity contribution in [1.82, 2.24) is 20.4 Å². The number of aromatic nitrogens is 2. The highest BCUT2D eigenvalue weighted by Gasteiger charge is 2.20. The van der Waals surface area contributed by atoms with Crippen LogP contribution in [0.1, 0.15) is 41.7 Å². The van der Waals surface area contributed by atoms with Gasteiger partial charge in [0.05, 0.1) is 12.2 Å². The minimum atomic E-state index is -0.697. The molecule has 0 saturated heterocycles. The number of carbonyl (C=O) groups is 3. The second-order valence-corrected chi connectivity index (χ2v) is 8.92. The molecule has 3 aromatic rings. The van der Waals surface area contributed by atoms with Crippen LogP contribution in [0.5, 0.6) is 0 Å². The Morgan fingerprint density at radius 1 is 1.17 bits per heavy atom. The SMILES string of the molecule is Cc1nn(Cc2ccccc2)c2sc(C(=O)OCC(=O)NC(=O)NC(C)(C)C)cc12. The van der Waals surface area contributed by atoms with Gasteiger partial charge in [-0.05, 0) is 39.3 Å². The lowest BCUT2D eigenvalue weighted by Gasteiger charge is -2.20. The molecule has 0 fully saturated rings. The first-order valence-electron chi connectivity index (χ1n) is 9.42. The molecular formula is C21H24N4O4S. The summed E-state index contributed by atoms with van der Waals surface area (Å²) in [5.41, 5.74) is 1.43. The van der Waals surface area contributed by atoms with Crippen molar-refractivity contribution in [2.24, 2.45) is 0 Å². The van der Waals surface area contributed by atoms with Gasteiger partial charge in [-0.25, -0.2) is 9.59 Å². The van der Waals surface area contributed by atoms with E-state index in [0.29, 0.717) is 11.4 Å². The third kappa shape index (κ3) is 5.44. The number of nitrogens with zero attached hydrogens (tertiary/aromatic N) is 2. The number of urea groups is 1. The van der Waals surface area contributed by atoms with E-state index in [1.54, 1.807) is 26.8 Å². The summed E-state index contributed by atoms with van der Waals surface area (Å²) in [6.07, 6.45) is 0. The monoisotopic (exact) mass is 428 g/mol. The van der Waals surface area contributed by atoms with Gasteiger partial charge < -0.3 is 10.1 Å². The number of ether oxygens (including phenoxy) is 1. The minimum Gasteiger partial charge on any atom is -0.451 e. The van der Waals surface area contributed by atoms with E-state index >= 15 is 0 Å². The number of thiophene rings is 1. The van der Waals surface area contributed by atoms with Gasteiger partial charge in [-0.15, -0.1) is 11.3 Å².